The zero-order valence-corrected chi connectivity index (χ0v) is 8.03. The number of carbonyl (C=O) groups is 2. The van der Waals surface area contributed by atoms with Crippen LogP contribution in [0.4, 0.5) is 0 Å². The topological polar surface area (TPSA) is 59.2 Å². The molecule has 0 aromatic rings. The number of ketones is 2. The second kappa shape index (κ2) is 4.19. The first-order valence-electron chi connectivity index (χ1n) is 5.06. The Bertz CT molecular complexity index is 215. The third-order valence-electron chi connectivity index (χ3n) is 2.48. The Morgan fingerprint density at radius 1 is 0.929 bits per heavy atom. The van der Waals surface area contributed by atoms with Gasteiger partial charge in [0.1, 0.15) is 12.2 Å². The van der Waals surface area contributed by atoms with E-state index in [0.29, 0.717) is 26.1 Å². The highest BCUT2D eigenvalue weighted by molar-refractivity contribution is 5.86. The van der Waals surface area contributed by atoms with Crippen LogP contribution in [0.15, 0.2) is 0 Å². The molecule has 2 rings (SSSR count). The fourth-order valence-electron chi connectivity index (χ4n) is 1.39. The van der Waals surface area contributed by atoms with Gasteiger partial charge in [-0.1, -0.05) is 0 Å². The average Bonchev–Trinajstić information content (AvgIpc) is 3.06. The minimum atomic E-state index is -0.127. The van der Waals surface area contributed by atoms with Crippen LogP contribution in [0.1, 0.15) is 25.7 Å². The fraction of sp³-hybridized carbons (Fsp3) is 0.800. The summed E-state index contributed by atoms with van der Waals surface area (Å²) in [6, 6.07) is 0. The zero-order chi connectivity index (χ0) is 9.97. The van der Waals surface area contributed by atoms with Crippen LogP contribution in [-0.4, -0.2) is 37.0 Å². The second-order valence-electron chi connectivity index (χ2n) is 3.78. The molecule has 0 aliphatic carbocycles. The normalized spacial score (nSPS) is 28.6. The molecular formula is C10H14O4. The summed E-state index contributed by atoms with van der Waals surface area (Å²) in [5, 5.41) is 0. The maximum absolute atomic E-state index is 11.2. The van der Waals surface area contributed by atoms with E-state index in [0.717, 1.165) is 12.8 Å². The van der Waals surface area contributed by atoms with Gasteiger partial charge in [0.15, 0.2) is 11.6 Å². The summed E-state index contributed by atoms with van der Waals surface area (Å²) in [6.07, 6.45) is 2.41. The molecule has 0 bridgehead atoms. The molecule has 0 amide bonds. The molecule has 0 aromatic heterocycles. The average molecular weight is 198 g/mol. The molecule has 78 valence electrons. The summed E-state index contributed by atoms with van der Waals surface area (Å²) < 4.78 is 9.72. The van der Waals surface area contributed by atoms with Crippen molar-refractivity contribution in [3.8, 4) is 0 Å². The van der Waals surface area contributed by atoms with Gasteiger partial charge in [0.25, 0.3) is 0 Å². The van der Waals surface area contributed by atoms with Crippen molar-refractivity contribution < 1.29 is 19.1 Å². The third-order valence-corrected chi connectivity index (χ3v) is 2.48. The minimum Gasteiger partial charge on any atom is -0.365 e. The molecule has 0 aromatic carbocycles. The van der Waals surface area contributed by atoms with Gasteiger partial charge in [-0.3, -0.25) is 9.59 Å². The number of unbranched alkanes of at least 4 members (excludes halogenated alkanes) is 1. The molecule has 2 atom stereocenters. The van der Waals surface area contributed by atoms with Gasteiger partial charge in [-0.15, -0.1) is 0 Å². The van der Waals surface area contributed by atoms with E-state index in [2.05, 4.69) is 0 Å². The lowest BCUT2D eigenvalue weighted by Crippen LogP contribution is -2.08. The summed E-state index contributed by atoms with van der Waals surface area (Å²) in [7, 11) is 0. The summed E-state index contributed by atoms with van der Waals surface area (Å²) in [5.41, 5.74) is 0. The number of hydrogen-bond acceptors (Lipinski definition) is 4. The maximum atomic E-state index is 11.2. The van der Waals surface area contributed by atoms with Crippen LogP contribution in [0.2, 0.25) is 0 Å². The Kier molecular flexibility index (Phi) is 2.93. The van der Waals surface area contributed by atoms with Crippen LogP contribution in [0.3, 0.4) is 0 Å². The van der Waals surface area contributed by atoms with Crippen molar-refractivity contribution in [2.24, 2.45) is 0 Å². The van der Waals surface area contributed by atoms with Gasteiger partial charge < -0.3 is 9.47 Å². The summed E-state index contributed by atoms with van der Waals surface area (Å²) in [5.74, 6) is 0.361. The Hall–Kier alpha value is -0.740. The quantitative estimate of drug-likeness (QED) is 0.441. The van der Waals surface area contributed by atoms with E-state index >= 15 is 0 Å². The van der Waals surface area contributed by atoms with E-state index in [9.17, 15) is 9.59 Å². The van der Waals surface area contributed by atoms with E-state index in [-0.39, 0.29) is 23.8 Å². The number of carbonyl (C=O) groups excluding carboxylic acids is 2. The van der Waals surface area contributed by atoms with Crippen LogP contribution in [-0.2, 0) is 19.1 Å². The number of hydrogen-bond donors (Lipinski definition) is 0. The molecule has 2 aliphatic heterocycles. The van der Waals surface area contributed by atoms with E-state index in [1.54, 1.807) is 0 Å². The molecule has 4 nitrogen and oxygen atoms in total. The van der Waals surface area contributed by atoms with Crippen molar-refractivity contribution in [1.29, 1.82) is 0 Å². The van der Waals surface area contributed by atoms with Gasteiger partial charge in [-0.05, 0) is 12.8 Å². The number of epoxide rings is 2. The van der Waals surface area contributed by atoms with Crippen LogP contribution >= 0.6 is 0 Å². The summed E-state index contributed by atoms with van der Waals surface area (Å²) in [6.45, 7) is 1.18. The molecule has 2 saturated heterocycles. The molecule has 2 unspecified atom stereocenters. The van der Waals surface area contributed by atoms with Crippen molar-refractivity contribution >= 4 is 11.6 Å². The van der Waals surface area contributed by atoms with Crippen molar-refractivity contribution in [3.63, 3.8) is 0 Å². The third kappa shape index (κ3) is 2.89. The van der Waals surface area contributed by atoms with Crippen LogP contribution in [0.25, 0.3) is 0 Å². The Morgan fingerprint density at radius 3 is 1.57 bits per heavy atom. The SMILES string of the molecule is O=C(CCCCC(=O)C1CO1)C1CO1. The Morgan fingerprint density at radius 2 is 1.29 bits per heavy atom. The Labute approximate surface area is 82.6 Å². The number of ether oxygens (including phenoxy) is 2. The van der Waals surface area contributed by atoms with Crippen molar-refractivity contribution in [1.82, 2.24) is 0 Å². The highest BCUT2D eigenvalue weighted by atomic mass is 16.6. The van der Waals surface area contributed by atoms with E-state index in [4.69, 9.17) is 9.47 Å². The zero-order valence-electron chi connectivity index (χ0n) is 8.03. The lowest BCUT2D eigenvalue weighted by Gasteiger charge is -1.97. The molecule has 2 fully saturated rings. The summed E-state index contributed by atoms with van der Waals surface area (Å²) >= 11 is 0. The van der Waals surface area contributed by atoms with Crippen LogP contribution in [0, 0.1) is 0 Å². The molecule has 14 heavy (non-hydrogen) atoms. The smallest absolute Gasteiger partial charge is 0.163 e. The first-order valence-corrected chi connectivity index (χ1v) is 5.06. The lowest BCUT2D eigenvalue weighted by atomic mass is 10.1. The van der Waals surface area contributed by atoms with Crippen molar-refractivity contribution in [2.45, 2.75) is 37.9 Å². The molecule has 0 saturated carbocycles. The highest BCUT2D eigenvalue weighted by Gasteiger charge is 2.31. The van der Waals surface area contributed by atoms with Gasteiger partial charge in [0, 0.05) is 12.8 Å². The summed E-state index contributed by atoms with van der Waals surface area (Å²) in [4.78, 5) is 22.3. The van der Waals surface area contributed by atoms with Gasteiger partial charge in [0.05, 0.1) is 13.2 Å². The molecule has 4 heteroatoms. The fourth-order valence-corrected chi connectivity index (χ4v) is 1.39. The first-order chi connectivity index (χ1) is 6.77. The minimum absolute atomic E-state index is 0.127. The predicted molar refractivity (Wildman–Crippen MR) is 48.0 cm³/mol. The maximum Gasteiger partial charge on any atom is 0.163 e. The number of rotatable bonds is 7. The lowest BCUT2D eigenvalue weighted by molar-refractivity contribution is -0.122. The Balaban J connectivity index is 1.49. The van der Waals surface area contributed by atoms with E-state index in [1.807, 2.05) is 0 Å². The second-order valence-corrected chi connectivity index (χ2v) is 3.78. The van der Waals surface area contributed by atoms with E-state index < -0.39 is 0 Å². The highest BCUT2D eigenvalue weighted by Crippen LogP contribution is 2.16. The van der Waals surface area contributed by atoms with Crippen LogP contribution < -0.4 is 0 Å². The molecule has 0 radical (unpaired) electrons. The van der Waals surface area contributed by atoms with Gasteiger partial charge in [0.2, 0.25) is 0 Å². The van der Waals surface area contributed by atoms with Gasteiger partial charge in [-0.2, -0.15) is 0 Å². The monoisotopic (exact) mass is 198 g/mol. The molecule has 0 N–H and O–H groups in total. The van der Waals surface area contributed by atoms with Crippen molar-refractivity contribution in [3.05, 3.63) is 0 Å². The van der Waals surface area contributed by atoms with Gasteiger partial charge in [-0.25, -0.2) is 0 Å². The number of Topliss-reactive ketones (excluding diaryl/α,β-unsaturated/α-hetero) is 2. The molecule has 2 aliphatic rings. The largest absolute Gasteiger partial charge is 0.365 e. The molecule has 0 spiro atoms. The van der Waals surface area contributed by atoms with Gasteiger partial charge >= 0.3 is 0 Å². The van der Waals surface area contributed by atoms with E-state index in [1.165, 1.54) is 0 Å². The van der Waals surface area contributed by atoms with Crippen molar-refractivity contribution in [2.75, 3.05) is 13.2 Å². The first kappa shape index (κ1) is 9.80. The molecular weight excluding hydrogens is 184 g/mol. The molecule has 2 heterocycles. The van der Waals surface area contributed by atoms with Crippen LogP contribution in [0.5, 0.6) is 0 Å². The predicted octanol–water partition coefficient (Wildman–Crippen LogP) is 0.483. The standard InChI is InChI=1S/C10H14O4/c11-7(9-5-13-9)3-1-2-4-8(12)10-6-14-10/h9-10H,1-6H2.